The molecule has 2 aromatic heterocycles. The number of nitrogens with one attached hydrogen (secondary N) is 1. The Labute approximate surface area is 110 Å². The van der Waals surface area contributed by atoms with Crippen molar-refractivity contribution in [2.75, 3.05) is 0 Å². The fourth-order valence-electron chi connectivity index (χ4n) is 1.83. The van der Waals surface area contributed by atoms with Crippen LogP contribution in [0.2, 0.25) is 0 Å². The summed E-state index contributed by atoms with van der Waals surface area (Å²) >= 11 is 0. The number of benzene rings is 1. The Kier molecular flexibility index (Phi) is 2.75. The fourth-order valence-corrected chi connectivity index (χ4v) is 1.83. The number of H-pyrrole nitrogens is 1. The summed E-state index contributed by atoms with van der Waals surface area (Å²) in [5.41, 5.74) is 5.77. The molecule has 0 saturated carbocycles. The van der Waals surface area contributed by atoms with Gasteiger partial charge in [-0.2, -0.15) is 13.2 Å². The van der Waals surface area contributed by atoms with E-state index in [1.807, 2.05) is 0 Å². The molecule has 0 aliphatic heterocycles. The molecule has 104 valence electrons. The van der Waals surface area contributed by atoms with Gasteiger partial charge in [0.2, 0.25) is 0 Å². The molecule has 3 N–H and O–H groups in total. The van der Waals surface area contributed by atoms with Gasteiger partial charge in [0.15, 0.2) is 11.6 Å². The lowest BCUT2D eigenvalue weighted by molar-refractivity contribution is -0.137. The average Bonchev–Trinajstić information content (AvgIpc) is 3.02. The third-order valence-electron chi connectivity index (χ3n) is 2.81. The Morgan fingerprint density at radius 3 is 2.70 bits per heavy atom. The summed E-state index contributed by atoms with van der Waals surface area (Å²) in [4.78, 5) is 6.95. The number of nitrogens with two attached hydrogens (primary N) is 1. The van der Waals surface area contributed by atoms with E-state index in [-0.39, 0.29) is 12.1 Å². The van der Waals surface area contributed by atoms with E-state index in [1.54, 1.807) is 6.07 Å². The topological polar surface area (TPSA) is 80.7 Å². The predicted molar refractivity (Wildman–Crippen MR) is 64.5 cm³/mol. The highest BCUT2D eigenvalue weighted by Crippen LogP contribution is 2.31. The summed E-state index contributed by atoms with van der Waals surface area (Å²) in [6.45, 7) is 0.186. The van der Waals surface area contributed by atoms with E-state index in [9.17, 15) is 13.2 Å². The molecule has 3 aromatic rings. The first-order valence-electron chi connectivity index (χ1n) is 5.70. The van der Waals surface area contributed by atoms with Crippen molar-refractivity contribution in [1.82, 2.24) is 15.1 Å². The minimum Gasteiger partial charge on any atom is -0.359 e. The van der Waals surface area contributed by atoms with Crippen molar-refractivity contribution in [2.24, 2.45) is 5.73 Å². The van der Waals surface area contributed by atoms with Gasteiger partial charge < -0.3 is 15.2 Å². The molecule has 0 bridgehead atoms. The number of fused-ring (bicyclic) bond motifs is 1. The molecule has 1 aromatic carbocycles. The monoisotopic (exact) mass is 282 g/mol. The third-order valence-corrected chi connectivity index (χ3v) is 2.81. The first-order valence-corrected chi connectivity index (χ1v) is 5.70. The van der Waals surface area contributed by atoms with Crippen LogP contribution in [-0.4, -0.2) is 15.1 Å². The SMILES string of the molecule is NCc1cc(-c2nc3ccc(C(F)(F)F)cc3[nH]2)no1. The number of aromatic amines is 1. The first kappa shape index (κ1) is 12.7. The van der Waals surface area contributed by atoms with Crippen LogP contribution in [0.15, 0.2) is 28.8 Å². The zero-order valence-corrected chi connectivity index (χ0v) is 10.0. The Morgan fingerprint density at radius 1 is 1.25 bits per heavy atom. The van der Waals surface area contributed by atoms with Gasteiger partial charge >= 0.3 is 6.18 Å². The van der Waals surface area contributed by atoms with Crippen LogP contribution in [-0.2, 0) is 12.7 Å². The van der Waals surface area contributed by atoms with Crippen LogP contribution in [0.25, 0.3) is 22.6 Å². The molecule has 0 amide bonds. The van der Waals surface area contributed by atoms with Crippen LogP contribution in [0.3, 0.4) is 0 Å². The summed E-state index contributed by atoms with van der Waals surface area (Å²) < 4.78 is 42.8. The van der Waals surface area contributed by atoms with Crippen molar-refractivity contribution in [3.63, 3.8) is 0 Å². The normalized spacial score (nSPS) is 12.2. The number of imidazole rings is 1. The summed E-state index contributed by atoms with van der Waals surface area (Å²) in [6.07, 6.45) is -4.39. The molecule has 0 radical (unpaired) electrons. The molecule has 20 heavy (non-hydrogen) atoms. The second-order valence-electron chi connectivity index (χ2n) is 4.20. The molecule has 8 heteroatoms. The highest BCUT2D eigenvalue weighted by atomic mass is 19.4. The van der Waals surface area contributed by atoms with E-state index in [1.165, 1.54) is 6.07 Å². The Bertz CT molecular complexity index is 759. The zero-order valence-electron chi connectivity index (χ0n) is 10.0. The summed E-state index contributed by atoms with van der Waals surface area (Å²) in [6, 6.07) is 4.89. The van der Waals surface area contributed by atoms with Crippen molar-refractivity contribution >= 4 is 11.0 Å². The maximum absolute atomic E-state index is 12.6. The number of aromatic nitrogens is 3. The van der Waals surface area contributed by atoms with Gasteiger partial charge in [0.1, 0.15) is 5.69 Å². The van der Waals surface area contributed by atoms with Gasteiger partial charge in [-0.3, -0.25) is 0 Å². The van der Waals surface area contributed by atoms with E-state index >= 15 is 0 Å². The second-order valence-corrected chi connectivity index (χ2v) is 4.20. The Balaban J connectivity index is 2.06. The van der Waals surface area contributed by atoms with Crippen LogP contribution in [0.4, 0.5) is 13.2 Å². The van der Waals surface area contributed by atoms with Crippen molar-refractivity contribution in [3.05, 3.63) is 35.6 Å². The van der Waals surface area contributed by atoms with Crippen molar-refractivity contribution < 1.29 is 17.7 Å². The summed E-state index contributed by atoms with van der Waals surface area (Å²) in [7, 11) is 0. The minimum atomic E-state index is -4.39. The highest BCUT2D eigenvalue weighted by Gasteiger charge is 2.30. The average molecular weight is 282 g/mol. The molecule has 0 saturated heterocycles. The molecule has 0 aliphatic rings. The van der Waals surface area contributed by atoms with Crippen LogP contribution in [0, 0.1) is 0 Å². The lowest BCUT2D eigenvalue weighted by Gasteiger charge is -2.05. The van der Waals surface area contributed by atoms with Gasteiger partial charge in [-0.05, 0) is 18.2 Å². The summed E-state index contributed by atoms with van der Waals surface area (Å²) in [5.74, 6) is 0.805. The minimum absolute atomic E-state index is 0.186. The molecule has 0 aliphatic carbocycles. The van der Waals surface area contributed by atoms with Gasteiger partial charge in [0.05, 0.1) is 23.1 Å². The van der Waals surface area contributed by atoms with Gasteiger partial charge in [-0.1, -0.05) is 5.16 Å². The molecule has 3 rings (SSSR count). The van der Waals surface area contributed by atoms with E-state index in [2.05, 4.69) is 15.1 Å². The van der Waals surface area contributed by atoms with Crippen LogP contribution in [0.1, 0.15) is 11.3 Å². The highest BCUT2D eigenvalue weighted by molar-refractivity contribution is 5.79. The first-order chi connectivity index (χ1) is 9.47. The Hall–Kier alpha value is -2.35. The van der Waals surface area contributed by atoms with Crippen LogP contribution < -0.4 is 5.73 Å². The maximum atomic E-state index is 12.6. The molecular weight excluding hydrogens is 273 g/mol. The van der Waals surface area contributed by atoms with Crippen molar-refractivity contribution in [1.29, 1.82) is 0 Å². The molecule has 5 nitrogen and oxygen atoms in total. The molecule has 0 spiro atoms. The van der Waals surface area contributed by atoms with Crippen LogP contribution >= 0.6 is 0 Å². The number of hydrogen-bond donors (Lipinski definition) is 2. The third kappa shape index (κ3) is 2.14. The molecule has 2 heterocycles. The zero-order chi connectivity index (χ0) is 14.3. The van der Waals surface area contributed by atoms with Gasteiger partial charge in [0, 0.05) is 6.07 Å². The summed E-state index contributed by atoms with van der Waals surface area (Å²) in [5, 5.41) is 3.75. The molecule has 0 fully saturated rings. The predicted octanol–water partition coefficient (Wildman–Crippen LogP) is 2.70. The maximum Gasteiger partial charge on any atom is 0.416 e. The smallest absolute Gasteiger partial charge is 0.359 e. The van der Waals surface area contributed by atoms with Gasteiger partial charge in [-0.25, -0.2) is 4.98 Å². The van der Waals surface area contributed by atoms with E-state index in [4.69, 9.17) is 10.3 Å². The number of alkyl halides is 3. The lowest BCUT2D eigenvalue weighted by atomic mass is 10.2. The molecule has 0 unspecified atom stereocenters. The molecular formula is C12H9F3N4O. The fraction of sp³-hybridized carbons (Fsp3) is 0.167. The van der Waals surface area contributed by atoms with E-state index in [0.29, 0.717) is 22.8 Å². The largest absolute Gasteiger partial charge is 0.416 e. The number of halogens is 3. The Morgan fingerprint density at radius 2 is 2.05 bits per heavy atom. The molecule has 0 atom stereocenters. The van der Waals surface area contributed by atoms with Crippen LogP contribution in [0.5, 0.6) is 0 Å². The van der Waals surface area contributed by atoms with Crippen molar-refractivity contribution in [2.45, 2.75) is 12.7 Å². The standard InChI is InChI=1S/C12H9F3N4O/c13-12(14,15)6-1-2-8-9(3-6)18-11(17-8)10-4-7(5-16)20-19-10/h1-4H,5,16H2,(H,17,18). The van der Waals surface area contributed by atoms with E-state index in [0.717, 1.165) is 12.1 Å². The number of nitrogens with zero attached hydrogens (tertiary/aromatic N) is 2. The van der Waals surface area contributed by atoms with Gasteiger partial charge in [0.25, 0.3) is 0 Å². The number of rotatable bonds is 2. The van der Waals surface area contributed by atoms with Gasteiger partial charge in [-0.15, -0.1) is 0 Å². The van der Waals surface area contributed by atoms with Crippen molar-refractivity contribution in [3.8, 4) is 11.5 Å². The van der Waals surface area contributed by atoms with E-state index < -0.39 is 11.7 Å². The number of hydrogen-bond acceptors (Lipinski definition) is 4. The quantitative estimate of drug-likeness (QED) is 0.757. The second kappa shape index (κ2) is 4.34. The lowest BCUT2D eigenvalue weighted by Crippen LogP contribution is -2.04.